The van der Waals surface area contributed by atoms with Gasteiger partial charge in [-0.3, -0.25) is 0 Å². The lowest BCUT2D eigenvalue weighted by atomic mass is 9.72. The van der Waals surface area contributed by atoms with Gasteiger partial charge in [0.1, 0.15) is 11.5 Å². The first-order chi connectivity index (χ1) is 8.97. The summed E-state index contributed by atoms with van der Waals surface area (Å²) in [6, 6.07) is 6.79. The van der Waals surface area contributed by atoms with Gasteiger partial charge in [0.2, 0.25) is 0 Å². The summed E-state index contributed by atoms with van der Waals surface area (Å²) in [7, 11) is 3.40. The van der Waals surface area contributed by atoms with Crippen molar-refractivity contribution < 1.29 is 9.47 Å². The minimum atomic E-state index is 0.111. The molecule has 1 N–H and O–H groups in total. The first-order valence-electron chi connectivity index (χ1n) is 6.94. The van der Waals surface area contributed by atoms with Crippen LogP contribution in [0.25, 0.3) is 0 Å². The summed E-state index contributed by atoms with van der Waals surface area (Å²) in [6.07, 6.45) is 1.21. The van der Waals surface area contributed by atoms with Crippen molar-refractivity contribution in [2.75, 3.05) is 20.8 Å². The van der Waals surface area contributed by atoms with Gasteiger partial charge in [-0.2, -0.15) is 0 Å². The van der Waals surface area contributed by atoms with E-state index in [1.807, 2.05) is 6.07 Å². The maximum absolute atomic E-state index is 5.38. The van der Waals surface area contributed by atoms with E-state index in [2.05, 4.69) is 38.2 Å². The molecule has 1 aromatic carbocycles. The number of benzene rings is 1. The third-order valence-electron chi connectivity index (χ3n) is 4.47. The van der Waals surface area contributed by atoms with Crippen LogP contribution in [0.5, 0.6) is 11.5 Å². The van der Waals surface area contributed by atoms with E-state index in [1.54, 1.807) is 14.2 Å². The van der Waals surface area contributed by atoms with Crippen LogP contribution in [0.2, 0.25) is 0 Å². The van der Waals surface area contributed by atoms with Gasteiger partial charge in [0.05, 0.1) is 14.2 Å². The fourth-order valence-corrected chi connectivity index (χ4v) is 2.90. The van der Waals surface area contributed by atoms with Gasteiger partial charge in [0.15, 0.2) is 0 Å². The molecule has 0 aromatic heterocycles. The summed E-state index contributed by atoms with van der Waals surface area (Å²) >= 11 is 0. The summed E-state index contributed by atoms with van der Waals surface area (Å²) in [4.78, 5) is 0. The highest BCUT2D eigenvalue weighted by Crippen LogP contribution is 2.39. The maximum Gasteiger partial charge on any atom is 0.122 e. The minimum absolute atomic E-state index is 0.111. The normalized spacial score (nSPS) is 23.4. The smallest absolute Gasteiger partial charge is 0.122 e. The zero-order valence-corrected chi connectivity index (χ0v) is 12.6. The first kappa shape index (κ1) is 14.2. The average Bonchev–Trinajstić information content (AvgIpc) is 2.85. The van der Waals surface area contributed by atoms with E-state index >= 15 is 0 Å². The molecule has 1 fully saturated rings. The summed E-state index contributed by atoms with van der Waals surface area (Å²) in [5.74, 6) is 2.36. The molecule has 19 heavy (non-hydrogen) atoms. The molecule has 3 heteroatoms. The van der Waals surface area contributed by atoms with Gasteiger partial charge in [-0.05, 0) is 48.9 Å². The Hall–Kier alpha value is -1.22. The van der Waals surface area contributed by atoms with Crippen LogP contribution in [0.4, 0.5) is 0 Å². The van der Waals surface area contributed by atoms with E-state index in [1.165, 1.54) is 12.0 Å². The van der Waals surface area contributed by atoms with Crippen LogP contribution < -0.4 is 14.8 Å². The maximum atomic E-state index is 5.38. The molecule has 2 rings (SSSR count). The lowest BCUT2D eigenvalue weighted by Crippen LogP contribution is -2.30. The van der Waals surface area contributed by atoms with Gasteiger partial charge in [0, 0.05) is 12.1 Å². The van der Waals surface area contributed by atoms with Gasteiger partial charge in [-0.25, -0.2) is 0 Å². The number of nitrogens with one attached hydrogen (secondary N) is 1. The Bertz CT molecular complexity index is 420. The molecule has 0 radical (unpaired) electrons. The zero-order chi connectivity index (χ0) is 14.0. The molecule has 0 aliphatic carbocycles. The molecule has 2 atom stereocenters. The molecule has 2 unspecified atom stereocenters. The highest BCUT2D eigenvalue weighted by Gasteiger charge is 2.36. The van der Waals surface area contributed by atoms with Crippen LogP contribution in [0.15, 0.2) is 18.2 Å². The average molecular weight is 263 g/mol. The summed E-state index contributed by atoms with van der Waals surface area (Å²) in [5, 5.41) is 3.54. The van der Waals surface area contributed by atoms with Crippen molar-refractivity contribution in [3.63, 3.8) is 0 Å². The standard InChI is InChI=1S/C16H25NO2/c1-11-6-13(10-17-11)16(2,3)12-7-14(18-4)9-15(8-12)19-5/h7-9,11,13,17H,6,10H2,1-5H3. The second kappa shape index (κ2) is 5.41. The van der Waals surface area contributed by atoms with Crippen LogP contribution in [0, 0.1) is 5.92 Å². The third kappa shape index (κ3) is 2.86. The Kier molecular flexibility index (Phi) is 4.04. The summed E-state index contributed by atoms with van der Waals surface area (Å²) in [6.45, 7) is 7.95. The predicted octanol–water partition coefficient (Wildman–Crippen LogP) is 2.98. The fourth-order valence-electron chi connectivity index (χ4n) is 2.90. The molecular formula is C16H25NO2. The minimum Gasteiger partial charge on any atom is -0.497 e. The highest BCUT2D eigenvalue weighted by molar-refractivity contribution is 5.42. The zero-order valence-electron chi connectivity index (χ0n) is 12.6. The number of hydrogen-bond acceptors (Lipinski definition) is 3. The molecule has 106 valence electrons. The highest BCUT2D eigenvalue weighted by atomic mass is 16.5. The van der Waals surface area contributed by atoms with Gasteiger partial charge < -0.3 is 14.8 Å². The SMILES string of the molecule is COc1cc(OC)cc(C(C)(C)C2CNC(C)C2)c1. The lowest BCUT2D eigenvalue weighted by Gasteiger charge is -2.32. The molecule has 0 amide bonds. The van der Waals surface area contributed by atoms with E-state index in [9.17, 15) is 0 Å². The summed E-state index contributed by atoms with van der Waals surface area (Å²) in [5.41, 5.74) is 1.39. The van der Waals surface area contributed by atoms with E-state index in [0.29, 0.717) is 12.0 Å². The quantitative estimate of drug-likeness (QED) is 0.906. The number of hydrogen-bond donors (Lipinski definition) is 1. The number of rotatable bonds is 4. The predicted molar refractivity (Wildman–Crippen MR) is 78.1 cm³/mol. The van der Waals surface area contributed by atoms with Gasteiger partial charge in [-0.1, -0.05) is 13.8 Å². The molecule has 0 bridgehead atoms. The Balaban J connectivity index is 2.33. The van der Waals surface area contributed by atoms with Crippen molar-refractivity contribution in [3.05, 3.63) is 23.8 Å². The van der Waals surface area contributed by atoms with Crippen LogP contribution in [0.1, 0.15) is 32.8 Å². The molecule has 3 nitrogen and oxygen atoms in total. The van der Waals surface area contributed by atoms with Gasteiger partial charge in [-0.15, -0.1) is 0 Å². The van der Waals surface area contributed by atoms with Crippen molar-refractivity contribution >= 4 is 0 Å². The molecule has 1 aliphatic rings. The summed E-state index contributed by atoms with van der Waals surface area (Å²) < 4.78 is 10.8. The van der Waals surface area contributed by atoms with E-state index < -0.39 is 0 Å². The van der Waals surface area contributed by atoms with Crippen molar-refractivity contribution in [3.8, 4) is 11.5 Å². The monoisotopic (exact) mass is 263 g/mol. The molecule has 1 aliphatic heterocycles. The number of ether oxygens (including phenoxy) is 2. The van der Waals surface area contributed by atoms with Crippen molar-refractivity contribution in [2.45, 2.75) is 38.6 Å². The molecule has 0 saturated carbocycles. The van der Waals surface area contributed by atoms with Crippen LogP contribution in [-0.2, 0) is 5.41 Å². The topological polar surface area (TPSA) is 30.5 Å². The Morgan fingerprint density at radius 1 is 1.11 bits per heavy atom. The van der Waals surface area contributed by atoms with E-state index in [0.717, 1.165) is 18.0 Å². The molecule has 1 heterocycles. The van der Waals surface area contributed by atoms with Crippen molar-refractivity contribution in [2.24, 2.45) is 5.92 Å². The second-order valence-electron chi connectivity index (χ2n) is 6.06. The third-order valence-corrected chi connectivity index (χ3v) is 4.47. The molecule has 1 saturated heterocycles. The van der Waals surface area contributed by atoms with Gasteiger partial charge in [0.25, 0.3) is 0 Å². The van der Waals surface area contributed by atoms with Crippen molar-refractivity contribution in [1.82, 2.24) is 5.32 Å². The molecular weight excluding hydrogens is 238 g/mol. The van der Waals surface area contributed by atoms with E-state index in [-0.39, 0.29) is 5.41 Å². The van der Waals surface area contributed by atoms with E-state index in [4.69, 9.17) is 9.47 Å². The lowest BCUT2D eigenvalue weighted by molar-refractivity contribution is 0.333. The Morgan fingerprint density at radius 2 is 1.68 bits per heavy atom. The van der Waals surface area contributed by atoms with Crippen molar-refractivity contribution in [1.29, 1.82) is 0 Å². The number of methoxy groups -OCH3 is 2. The van der Waals surface area contributed by atoms with Gasteiger partial charge >= 0.3 is 0 Å². The van der Waals surface area contributed by atoms with Crippen LogP contribution in [0.3, 0.4) is 0 Å². The Morgan fingerprint density at radius 3 is 2.11 bits per heavy atom. The fraction of sp³-hybridized carbons (Fsp3) is 0.625. The van der Waals surface area contributed by atoms with Crippen LogP contribution in [-0.4, -0.2) is 26.8 Å². The van der Waals surface area contributed by atoms with Crippen LogP contribution >= 0.6 is 0 Å². The molecule has 1 aromatic rings. The molecule has 0 spiro atoms. The Labute approximate surface area is 116 Å². The first-order valence-corrected chi connectivity index (χ1v) is 6.94. The second-order valence-corrected chi connectivity index (χ2v) is 6.06. The largest absolute Gasteiger partial charge is 0.497 e.